The maximum absolute atomic E-state index is 12.4. The van der Waals surface area contributed by atoms with Crippen molar-refractivity contribution < 1.29 is 9.32 Å². The lowest BCUT2D eigenvalue weighted by molar-refractivity contribution is -0.135. The molecule has 1 atom stereocenters. The third-order valence-corrected chi connectivity index (χ3v) is 5.01. The normalized spacial score (nSPS) is 17.1. The fourth-order valence-corrected chi connectivity index (χ4v) is 3.31. The van der Waals surface area contributed by atoms with Gasteiger partial charge < -0.3 is 9.42 Å². The van der Waals surface area contributed by atoms with Gasteiger partial charge in [-0.25, -0.2) is 0 Å². The Morgan fingerprint density at radius 3 is 2.37 bits per heavy atom. The first-order chi connectivity index (χ1) is 12.7. The maximum Gasteiger partial charge on any atom is 0.244 e. The van der Waals surface area contributed by atoms with E-state index in [1.807, 2.05) is 29.2 Å². The van der Waals surface area contributed by atoms with Gasteiger partial charge in [-0.05, 0) is 19.3 Å². The summed E-state index contributed by atoms with van der Waals surface area (Å²) in [6.45, 7) is 13.6. The van der Waals surface area contributed by atoms with Gasteiger partial charge in [0, 0.05) is 38.2 Å². The average Bonchev–Trinajstić information content (AvgIpc) is 3.10. The Morgan fingerprint density at radius 1 is 1.15 bits per heavy atom. The number of rotatable bonds is 4. The SMILES string of the molecule is Cc1ccc(-c2noc(C(C)N3CCN(C(=O)CC(C)(C)C)CC3)n2)cc1. The van der Waals surface area contributed by atoms with Crippen LogP contribution in [0.15, 0.2) is 28.8 Å². The van der Waals surface area contributed by atoms with Crippen molar-refractivity contribution in [2.45, 2.75) is 47.1 Å². The number of amides is 1. The summed E-state index contributed by atoms with van der Waals surface area (Å²) in [7, 11) is 0. The molecule has 1 fully saturated rings. The summed E-state index contributed by atoms with van der Waals surface area (Å²) in [5.41, 5.74) is 2.19. The van der Waals surface area contributed by atoms with Crippen LogP contribution in [0.3, 0.4) is 0 Å². The highest BCUT2D eigenvalue weighted by atomic mass is 16.5. The van der Waals surface area contributed by atoms with E-state index in [9.17, 15) is 4.79 Å². The zero-order valence-corrected chi connectivity index (χ0v) is 17.0. The highest BCUT2D eigenvalue weighted by Gasteiger charge is 2.29. The number of benzene rings is 1. The number of piperazine rings is 1. The van der Waals surface area contributed by atoms with Gasteiger partial charge in [-0.15, -0.1) is 0 Å². The number of aromatic nitrogens is 2. The molecule has 1 aliphatic rings. The smallest absolute Gasteiger partial charge is 0.244 e. The predicted octanol–water partition coefficient (Wildman–Crippen LogP) is 3.69. The monoisotopic (exact) mass is 370 g/mol. The molecule has 1 aromatic heterocycles. The summed E-state index contributed by atoms with van der Waals surface area (Å²) in [6.07, 6.45) is 0.589. The van der Waals surface area contributed by atoms with Crippen molar-refractivity contribution in [1.29, 1.82) is 0 Å². The van der Waals surface area contributed by atoms with E-state index in [-0.39, 0.29) is 17.4 Å². The first-order valence-corrected chi connectivity index (χ1v) is 9.65. The van der Waals surface area contributed by atoms with Crippen LogP contribution in [0.2, 0.25) is 0 Å². The van der Waals surface area contributed by atoms with Crippen LogP contribution in [-0.2, 0) is 4.79 Å². The zero-order chi connectivity index (χ0) is 19.6. The molecule has 0 aliphatic carbocycles. The first-order valence-electron chi connectivity index (χ1n) is 9.65. The summed E-state index contributed by atoms with van der Waals surface area (Å²) >= 11 is 0. The van der Waals surface area contributed by atoms with Crippen molar-refractivity contribution in [2.75, 3.05) is 26.2 Å². The largest absolute Gasteiger partial charge is 0.340 e. The Labute approximate surface area is 161 Å². The summed E-state index contributed by atoms with van der Waals surface area (Å²) < 4.78 is 5.52. The lowest BCUT2D eigenvalue weighted by Crippen LogP contribution is -2.49. The minimum Gasteiger partial charge on any atom is -0.340 e. The molecule has 1 aliphatic heterocycles. The van der Waals surface area contributed by atoms with Crippen molar-refractivity contribution in [1.82, 2.24) is 19.9 Å². The zero-order valence-electron chi connectivity index (χ0n) is 17.0. The van der Waals surface area contributed by atoms with Gasteiger partial charge in [-0.3, -0.25) is 9.69 Å². The van der Waals surface area contributed by atoms with Crippen molar-refractivity contribution in [3.05, 3.63) is 35.7 Å². The van der Waals surface area contributed by atoms with Crippen LogP contribution in [0.4, 0.5) is 0 Å². The van der Waals surface area contributed by atoms with Crippen LogP contribution < -0.4 is 0 Å². The summed E-state index contributed by atoms with van der Waals surface area (Å²) in [6, 6.07) is 8.14. The van der Waals surface area contributed by atoms with Gasteiger partial charge in [-0.1, -0.05) is 55.8 Å². The molecule has 1 saturated heterocycles. The van der Waals surface area contributed by atoms with Gasteiger partial charge in [0.05, 0.1) is 6.04 Å². The average molecular weight is 370 g/mol. The van der Waals surface area contributed by atoms with E-state index in [0.29, 0.717) is 18.1 Å². The lowest BCUT2D eigenvalue weighted by atomic mass is 9.91. The number of carbonyl (C=O) groups excluding carboxylic acids is 1. The summed E-state index contributed by atoms with van der Waals surface area (Å²) in [5, 5.41) is 4.14. The molecule has 0 spiro atoms. The standard InChI is InChI=1S/C21H30N4O2/c1-15-6-8-17(9-7-15)19-22-20(27-23-19)16(2)24-10-12-25(13-11-24)18(26)14-21(3,4)5/h6-9,16H,10-14H2,1-5H3. The second-order valence-corrected chi connectivity index (χ2v) is 8.65. The minimum atomic E-state index is 0.0254. The molecule has 1 unspecified atom stereocenters. The number of hydrogen-bond donors (Lipinski definition) is 0. The van der Waals surface area contributed by atoms with E-state index >= 15 is 0 Å². The minimum absolute atomic E-state index is 0.0254. The molecule has 1 aromatic carbocycles. The van der Waals surface area contributed by atoms with Crippen molar-refractivity contribution >= 4 is 5.91 Å². The highest BCUT2D eigenvalue weighted by molar-refractivity contribution is 5.76. The van der Waals surface area contributed by atoms with Gasteiger partial charge in [0.2, 0.25) is 17.6 Å². The van der Waals surface area contributed by atoms with Gasteiger partial charge in [0.15, 0.2) is 0 Å². The van der Waals surface area contributed by atoms with E-state index in [2.05, 4.69) is 49.7 Å². The molecule has 0 radical (unpaired) electrons. The second kappa shape index (κ2) is 7.80. The van der Waals surface area contributed by atoms with Crippen LogP contribution in [0.1, 0.15) is 51.6 Å². The van der Waals surface area contributed by atoms with Crippen molar-refractivity contribution in [3.8, 4) is 11.4 Å². The van der Waals surface area contributed by atoms with Crippen LogP contribution in [-0.4, -0.2) is 52.0 Å². The molecule has 0 N–H and O–H groups in total. The molecule has 2 heterocycles. The van der Waals surface area contributed by atoms with Crippen molar-refractivity contribution in [2.24, 2.45) is 5.41 Å². The second-order valence-electron chi connectivity index (χ2n) is 8.65. The Hall–Kier alpha value is -2.21. The van der Waals surface area contributed by atoms with Crippen molar-refractivity contribution in [3.63, 3.8) is 0 Å². The fraction of sp³-hybridized carbons (Fsp3) is 0.571. The lowest BCUT2D eigenvalue weighted by Gasteiger charge is -2.37. The molecule has 27 heavy (non-hydrogen) atoms. The van der Waals surface area contributed by atoms with Crippen LogP contribution >= 0.6 is 0 Å². The molecule has 146 valence electrons. The first kappa shape index (κ1) is 19.5. The molecule has 1 amide bonds. The number of aryl methyl sites for hydroxylation is 1. The molecule has 6 heteroatoms. The predicted molar refractivity (Wildman–Crippen MR) is 105 cm³/mol. The van der Waals surface area contributed by atoms with E-state index in [1.54, 1.807) is 0 Å². The Kier molecular flexibility index (Phi) is 5.65. The van der Waals surface area contributed by atoms with Gasteiger partial charge in [-0.2, -0.15) is 4.98 Å². The topological polar surface area (TPSA) is 62.5 Å². The fourth-order valence-electron chi connectivity index (χ4n) is 3.31. The third kappa shape index (κ3) is 4.95. The third-order valence-electron chi connectivity index (χ3n) is 5.01. The molecule has 0 saturated carbocycles. The van der Waals surface area contributed by atoms with Gasteiger partial charge in [0.1, 0.15) is 0 Å². The maximum atomic E-state index is 12.4. The molecular weight excluding hydrogens is 340 g/mol. The summed E-state index contributed by atoms with van der Waals surface area (Å²) in [4.78, 5) is 21.3. The van der Waals surface area contributed by atoms with E-state index in [1.165, 1.54) is 5.56 Å². The molecule has 6 nitrogen and oxygen atoms in total. The number of hydrogen-bond acceptors (Lipinski definition) is 5. The van der Waals surface area contributed by atoms with Gasteiger partial charge >= 0.3 is 0 Å². The molecule has 3 rings (SSSR count). The number of carbonyl (C=O) groups is 1. The number of nitrogens with zero attached hydrogens (tertiary/aromatic N) is 4. The summed E-state index contributed by atoms with van der Waals surface area (Å²) in [5.74, 6) is 1.49. The quantitative estimate of drug-likeness (QED) is 0.821. The van der Waals surface area contributed by atoms with E-state index < -0.39 is 0 Å². The molecule has 2 aromatic rings. The highest BCUT2D eigenvalue weighted by Crippen LogP contribution is 2.25. The van der Waals surface area contributed by atoms with Crippen LogP contribution in [0.5, 0.6) is 0 Å². The van der Waals surface area contributed by atoms with Crippen LogP contribution in [0.25, 0.3) is 11.4 Å². The van der Waals surface area contributed by atoms with Gasteiger partial charge in [0.25, 0.3) is 0 Å². The molecule has 0 bridgehead atoms. The Bertz CT molecular complexity index is 768. The van der Waals surface area contributed by atoms with E-state index in [0.717, 1.165) is 31.7 Å². The van der Waals surface area contributed by atoms with Crippen LogP contribution in [0, 0.1) is 12.3 Å². The Balaban J connectivity index is 1.59. The van der Waals surface area contributed by atoms with E-state index in [4.69, 9.17) is 4.52 Å². The Morgan fingerprint density at radius 2 is 1.78 bits per heavy atom. The molecular formula is C21H30N4O2.